The number of piperidine rings is 1. The van der Waals surface area contributed by atoms with Gasteiger partial charge in [0.1, 0.15) is 0 Å². The Bertz CT molecular complexity index is 372. The highest BCUT2D eigenvalue weighted by atomic mass is 16.5. The molecule has 2 N–H and O–H groups in total. The first-order chi connectivity index (χ1) is 10.0. The number of hydrogen-bond donors (Lipinski definition) is 2. The van der Waals surface area contributed by atoms with E-state index in [1.165, 1.54) is 0 Å². The highest BCUT2D eigenvalue weighted by molar-refractivity contribution is 5.76. The van der Waals surface area contributed by atoms with Crippen molar-refractivity contribution in [2.45, 2.75) is 51.5 Å². The maximum atomic E-state index is 12.1. The molecule has 1 aliphatic heterocycles. The van der Waals surface area contributed by atoms with Crippen molar-refractivity contribution in [3.63, 3.8) is 0 Å². The molecule has 1 saturated heterocycles. The Labute approximate surface area is 124 Å². The fourth-order valence-electron chi connectivity index (χ4n) is 2.46. The largest absolute Gasteiger partial charge is 0.481 e. The van der Waals surface area contributed by atoms with Crippen LogP contribution >= 0.6 is 0 Å². The number of carbonyl (C=O) groups excluding carboxylic acids is 2. The van der Waals surface area contributed by atoms with Crippen molar-refractivity contribution in [3.8, 4) is 0 Å². The predicted octanol–water partition coefficient (Wildman–Crippen LogP) is 1.37. The van der Waals surface area contributed by atoms with Crippen LogP contribution in [0.15, 0.2) is 0 Å². The van der Waals surface area contributed by atoms with E-state index in [4.69, 9.17) is 9.84 Å². The minimum absolute atomic E-state index is 0.0301. The van der Waals surface area contributed by atoms with Gasteiger partial charge in [0.25, 0.3) is 0 Å². The van der Waals surface area contributed by atoms with Gasteiger partial charge in [-0.25, -0.2) is 4.79 Å². The van der Waals surface area contributed by atoms with E-state index in [-0.39, 0.29) is 37.4 Å². The fraction of sp³-hybridized carbons (Fsp3) is 0.786. The van der Waals surface area contributed by atoms with Crippen molar-refractivity contribution in [3.05, 3.63) is 0 Å². The van der Waals surface area contributed by atoms with Gasteiger partial charge in [-0.15, -0.1) is 0 Å². The van der Waals surface area contributed by atoms with E-state index in [0.717, 1.165) is 19.3 Å². The second kappa shape index (κ2) is 9.20. The molecule has 0 bridgehead atoms. The number of carboxylic acids is 1. The van der Waals surface area contributed by atoms with Crippen molar-refractivity contribution in [2.75, 3.05) is 19.7 Å². The highest BCUT2D eigenvalue weighted by Crippen LogP contribution is 2.20. The van der Waals surface area contributed by atoms with E-state index in [9.17, 15) is 14.4 Å². The molecule has 0 aromatic heterocycles. The summed E-state index contributed by atoms with van der Waals surface area (Å²) < 4.78 is 4.79. The van der Waals surface area contributed by atoms with Gasteiger partial charge < -0.3 is 20.1 Å². The summed E-state index contributed by atoms with van der Waals surface area (Å²) in [5, 5.41) is 11.4. The third kappa shape index (κ3) is 6.46. The summed E-state index contributed by atoms with van der Waals surface area (Å²) in [6, 6.07) is -0.258. The van der Waals surface area contributed by atoms with E-state index in [1.807, 2.05) is 0 Å². The Morgan fingerprint density at radius 3 is 2.71 bits per heavy atom. The lowest BCUT2D eigenvalue weighted by molar-refractivity contribution is -0.143. The molecular weight excluding hydrogens is 276 g/mol. The molecule has 1 unspecified atom stereocenters. The summed E-state index contributed by atoms with van der Waals surface area (Å²) in [6.07, 6.45) is 3.45. The third-order valence-electron chi connectivity index (χ3n) is 3.49. The molecule has 1 atom stereocenters. The van der Waals surface area contributed by atoms with Crippen molar-refractivity contribution in [1.29, 1.82) is 0 Å². The van der Waals surface area contributed by atoms with Crippen LogP contribution in [0.5, 0.6) is 0 Å². The van der Waals surface area contributed by atoms with E-state index < -0.39 is 5.97 Å². The lowest BCUT2D eigenvalue weighted by Crippen LogP contribution is -2.49. The number of ether oxygens (including phenoxy) is 1. The number of rotatable bonds is 7. The van der Waals surface area contributed by atoms with Gasteiger partial charge in [0.2, 0.25) is 0 Å². The van der Waals surface area contributed by atoms with E-state index in [0.29, 0.717) is 19.6 Å². The van der Waals surface area contributed by atoms with Crippen LogP contribution < -0.4 is 5.32 Å². The predicted molar refractivity (Wildman–Crippen MR) is 75.9 cm³/mol. The molecule has 1 rings (SSSR count). The molecule has 120 valence electrons. The normalized spacial score (nSPS) is 18.1. The van der Waals surface area contributed by atoms with Crippen molar-refractivity contribution in [2.24, 2.45) is 0 Å². The van der Waals surface area contributed by atoms with Crippen LogP contribution in [0.3, 0.4) is 0 Å². The zero-order valence-electron chi connectivity index (χ0n) is 12.5. The maximum Gasteiger partial charge on any atom is 0.317 e. The molecular formula is C14H24N2O5. The summed E-state index contributed by atoms with van der Waals surface area (Å²) >= 11 is 0. The summed E-state index contributed by atoms with van der Waals surface area (Å²) in [5.41, 5.74) is 0. The molecule has 0 aliphatic carbocycles. The monoisotopic (exact) mass is 300 g/mol. The minimum atomic E-state index is -0.844. The number of amides is 2. The van der Waals surface area contributed by atoms with E-state index in [2.05, 4.69) is 5.32 Å². The number of carboxylic acid groups (broad SMARTS) is 1. The number of carbonyl (C=O) groups is 3. The smallest absolute Gasteiger partial charge is 0.317 e. The van der Waals surface area contributed by atoms with E-state index in [1.54, 1.807) is 11.8 Å². The maximum absolute atomic E-state index is 12.1. The molecule has 0 radical (unpaired) electrons. The van der Waals surface area contributed by atoms with Crippen LogP contribution in [-0.2, 0) is 14.3 Å². The highest BCUT2D eigenvalue weighted by Gasteiger charge is 2.26. The topological polar surface area (TPSA) is 95.9 Å². The van der Waals surface area contributed by atoms with Crippen molar-refractivity contribution < 1.29 is 24.2 Å². The second-order valence-corrected chi connectivity index (χ2v) is 5.06. The van der Waals surface area contributed by atoms with Gasteiger partial charge in [0.05, 0.1) is 13.0 Å². The third-order valence-corrected chi connectivity index (χ3v) is 3.49. The number of aliphatic carboxylic acids is 1. The van der Waals surface area contributed by atoms with Crippen LogP contribution in [0, 0.1) is 0 Å². The number of nitrogens with one attached hydrogen (secondary N) is 1. The summed E-state index contributed by atoms with van der Waals surface area (Å²) in [6.45, 7) is 2.93. The quantitative estimate of drug-likeness (QED) is 0.692. The molecule has 1 aliphatic rings. The Balaban J connectivity index is 2.38. The van der Waals surface area contributed by atoms with Crippen molar-refractivity contribution >= 4 is 18.0 Å². The first-order valence-corrected chi connectivity index (χ1v) is 7.46. The average molecular weight is 300 g/mol. The molecule has 0 saturated carbocycles. The molecule has 0 aromatic carbocycles. The van der Waals surface area contributed by atoms with Crippen LogP contribution in [0.4, 0.5) is 4.79 Å². The average Bonchev–Trinajstić information content (AvgIpc) is 2.45. The van der Waals surface area contributed by atoms with Crippen LogP contribution in [0.1, 0.15) is 45.4 Å². The molecule has 21 heavy (non-hydrogen) atoms. The zero-order valence-corrected chi connectivity index (χ0v) is 12.5. The standard InChI is InChI=1S/C14H24N2O5/c1-2-21-13(19)8-9-15-14(20)16-10-4-3-5-11(16)6-7-12(17)18/h11H,2-10H2,1H3,(H,15,20)(H,17,18). The van der Waals surface area contributed by atoms with Gasteiger partial charge >= 0.3 is 18.0 Å². The summed E-state index contributed by atoms with van der Waals surface area (Å²) in [4.78, 5) is 35.6. The van der Waals surface area contributed by atoms with Crippen molar-refractivity contribution in [1.82, 2.24) is 10.2 Å². The fourth-order valence-corrected chi connectivity index (χ4v) is 2.46. The molecule has 1 fully saturated rings. The number of likely N-dealkylation sites (tertiary alicyclic amines) is 1. The van der Waals surface area contributed by atoms with Gasteiger partial charge in [0.15, 0.2) is 0 Å². The number of nitrogens with zero attached hydrogens (tertiary/aromatic N) is 1. The van der Waals surface area contributed by atoms with Gasteiger partial charge in [-0.05, 0) is 32.6 Å². The zero-order chi connectivity index (χ0) is 15.7. The lowest BCUT2D eigenvalue weighted by Gasteiger charge is -2.35. The first kappa shape index (κ1) is 17.3. The SMILES string of the molecule is CCOC(=O)CCNC(=O)N1CCCCC1CCC(=O)O. The molecule has 2 amide bonds. The second-order valence-electron chi connectivity index (χ2n) is 5.06. The number of hydrogen-bond acceptors (Lipinski definition) is 4. The van der Waals surface area contributed by atoms with Gasteiger partial charge in [0, 0.05) is 25.6 Å². The van der Waals surface area contributed by atoms with E-state index >= 15 is 0 Å². The molecule has 0 spiro atoms. The minimum Gasteiger partial charge on any atom is -0.481 e. The Hall–Kier alpha value is -1.79. The first-order valence-electron chi connectivity index (χ1n) is 7.46. The Morgan fingerprint density at radius 2 is 2.05 bits per heavy atom. The molecule has 1 heterocycles. The van der Waals surface area contributed by atoms with Crippen LogP contribution in [-0.4, -0.2) is 53.7 Å². The summed E-state index contributed by atoms with van der Waals surface area (Å²) in [7, 11) is 0. The number of urea groups is 1. The van der Waals surface area contributed by atoms with Gasteiger partial charge in [-0.2, -0.15) is 0 Å². The molecule has 0 aromatic rings. The van der Waals surface area contributed by atoms with Crippen LogP contribution in [0.2, 0.25) is 0 Å². The molecule has 7 nitrogen and oxygen atoms in total. The number of esters is 1. The van der Waals surface area contributed by atoms with Gasteiger partial charge in [-0.1, -0.05) is 0 Å². The van der Waals surface area contributed by atoms with Crippen LogP contribution in [0.25, 0.3) is 0 Å². The lowest BCUT2D eigenvalue weighted by atomic mass is 9.98. The molecule has 7 heteroatoms. The Morgan fingerprint density at radius 1 is 1.29 bits per heavy atom. The Kier molecular flexibility index (Phi) is 7.56. The summed E-state index contributed by atoms with van der Waals surface area (Å²) in [5.74, 6) is -1.18. The van der Waals surface area contributed by atoms with Gasteiger partial charge in [-0.3, -0.25) is 9.59 Å².